The van der Waals surface area contributed by atoms with Crippen LogP contribution in [0.15, 0.2) is 15.2 Å². The number of rotatable bonds is 5. The molecule has 1 aromatic heterocycles. The Balaban J connectivity index is 1.77. The molecule has 0 bridgehead atoms. The highest BCUT2D eigenvalue weighted by atomic mass is 79.9. The van der Waals surface area contributed by atoms with Crippen LogP contribution < -0.4 is 0 Å². The van der Waals surface area contributed by atoms with Gasteiger partial charge in [0.2, 0.25) is 5.91 Å². The van der Waals surface area contributed by atoms with E-state index in [9.17, 15) is 9.59 Å². The van der Waals surface area contributed by atoms with Crippen LogP contribution >= 0.6 is 27.3 Å². The van der Waals surface area contributed by atoms with Gasteiger partial charge in [-0.15, -0.1) is 11.3 Å². The zero-order valence-electron chi connectivity index (χ0n) is 11.9. The van der Waals surface area contributed by atoms with Gasteiger partial charge in [0, 0.05) is 19.6 Å². The standard InChI is InChI=1S/C14H19BrN2O3S/c1-16(7-10-6-12(15)21-9-10)8-13(18)17-4-2-11(3-5-17)14(19)20/h6,9,11H,2-5,7-8H2,1H3,(H,19,20). The van der Waals surface area contributed by atoms with Crippen molar-refractivity contribution in [3.05, 3.63) is 20.8 Å². The Labute approximate surface area is 136 Å². The van der Waals surface area contributed by atoms with Gasteiger partial charge in [0.05, 0.1) is 16.2 Å². The van der Waals surface area contributed by atoms with Crippen LogP contribution in [0.4, 0.5) is 0 Å². The number of carboxylic acid groups (broad SMARTS) is 1. The molecule has 0 aliphatic carbocycles. The Morgan fingerprint density at radius 2 is 2.14 bits per heavy atom. The van der Waals surface area contributed by atoms with Crippen LogP contribution in [0.1, 0.15) is 18.4 Å². The van der Waals surface area contributed by atoms with Gasteiger partial charge in [-0.2, -0.15) is 0 Å². The van der Waals surface area contributed by atoms with Crippen molar-refractivity contribution in [1.29, 1.82) is 0 Å². The molecule has 0 aromatic carbocycles. The zero-order valence-corrected chi connectivity index (χ0v) is 14.3. The first-order chi connectivity index (χ1) is 9.95. The number of thiophene rings is 1. The molecule has 0 atom stereocenters. The van der Waals surface area contributed by atoms with Crippen LogP contribution in [-0.2, 0) is 16.1 Å². The number of carboxylic acids is 1. The van der Waals surface area contributed by atoms with E-state index in [0.717, 1.165) is 10.3 Å². The molecule has 2 rings (SSSR count). The number of carbonyl (C=O) groups is 2. The van der Waals surface area contributed by atoms with Gasteiger partial charge in [-0.3, -0.25) is 14.5 Å². The summed E-state index contributed by atoms with van der Waals surface area (Å²) in [7, 11) is 1.92. The molecule has 0 spiro atoms. The summed E-state index contributed by atoms with van der Waals surface area (Å²) < 4.78 is 1.09. The second-order valence-electron chi connectivity index (χ2n) is 5.42. The number of nitrogens with zero attached hydrogens (tertiary/aromatic N) is 2. The Kier molecular flexibility index (Phi) is 5.78. The molecule has 1 amide bonds. The maximum Gasteiger partial charge on any atom is 0.306 e. The van der Waals surface area contributed by atoms with Crippen LogP contribution in [0.2, 0.25) is 0 Å². The highest BCUT2D eigenvalue weighted by Gasteiger charge is 2.27. The van der Waals surface area contributed by atoms with Crippen LogP contribution in [0, 0.1) is 5.92 Å². The molecule has 1 aliphatic heterocycles. The zero-order chi connectivity index (χ0) is 15.4. The fourth-order valence-corrected chi connectivity index (χ4v) is 3.70. The molecule has 0 radical (unpaired) electrons. The lowest BCUT2D eigenvalue weighted by Crippen LogP contribution is -2.44. The van der Waals surface area contributed by atoms with Crippen molar-refractivity contribution >= 4 is 39.1 Å². The Hall–Kier alpha value is -0.920. The summed E-state index contributed by atoms with van der Waals surface area (Å²) in [6.07, 6.45) is 1.12. The highest BCUT2D eigenvalue weighted by Crippen LogP contribution is 2.22. The van der Waals surface area contributed by atoms with E-state index in [-0.39, 0.29) is 11.8 Å². The molecule has 1 N–H and O–H groups in total. The van der Waals surface area contributed by atoms with E-state index in [1.54, 1.807) is 16.2 Å². The number of hydrogen-bond donors (Lipinski definition) is 1. The Bertz CT molecular complexity index is 512. The van der Waals surface area contributed by atoms with E-state index >= 15 is 0 Å². The molecule has 116 valence electrons. The average Bonchev–Trinajstić information content (AvgIpc) is 2.83. The molecule has 0 unspecified atom stereocenters. The topological polar surface area (TPSA) is 60.9 Å². The van der Waals surface area contributed by atoms with E-state index in [0.29, 0.717) is 32.5 Å². The first-order valence-corrected chi connectivity index (χ1v) is 8.55. The Morgan fingerprint density at radius 1 is 1.48 bits per heavy atom. The molecule has 1 aliphatic rings. The number of likely N-dealkylation sites (N-methyl/N-ethyl adjacent to an activating group) is 1. The summed E-state index contributed by atoms with van der Waals surface area (Å²) in [5, 5.41) is 11.0. The van der Waals surface area contributed by atoms with Crippen molar-refractivity contribution in [2.24, 2.45) is 5.92 Å². The molecule has 1 aromatic rings. The smallest absolute Gasteiger partial charge is 0.306 e. The second-order valence-corrected chi connectivity index (χ2v) is 7.72. The molecule has 21 heavy (non-hydrogen) atoms. The Morgan fingerprint density at radius 3 is 2.67 bits per heavy atom. The SMILES string of the molecule is CN(CC(=O)N1CCC(C(=O)O)CC1)Cc1csc(Br)c1. The van der Waals surface area contributed by atoms with Crippen molar-refractivity contribution in [2.75, 3.05) is 26.7 Å². The van der Waals surface area contributed by atoms with Crippen LogP contribution in [-0.4, -0.2) is 53.5 Å². The summed E-state index contributed by atoms with van der Waals surface area (Å²) >= 11 is 5.06. The largest absolute Gasteiger partial charge is 0.481 e. The number of carbonyl (C=O) groups excluding carboxylic acids is 1. The molecule has 5 nitrogen and oxygen atoms in total. The predicted octanol–water partition coefficient (Wildman–Crippen LogP) is 2.27. The minimum absolute atomic E-state index is 0.0793. The normalized spacial score (nSPS) is 16.4. The van der Waals surface area contributed by atoms with Gasteiger partial charge in [0.25, 0.3) is 0 Å². The predicted molar refractivity (Wildman–Crippen MR) is 85.3 cm³/mol. The molecular weight excluding hydrogens is 356 g/mol. The molecule has 2 heterocycles. The number of aliphatic carboxylic acids is 1. The first kappa shape index (κ1) is 16.5. The molecule has 0 saturated carbocycles. The van der Waals surface area contributed by atoms with E-state index < -0.39 is 5.97 Å². The summed E-state index contributed by atoms with van der Waals surface area (Å²) in [6, 6.07) is 2.06. The number of likely N-dealkylation sites (tertiary alicyclic amines) is 1. The van der Waals surface area contributed by atoms with E-state index in [1.165, 1.54) is 5.56 Å². The lowest BCUT2D eigenvalue weighted by Gasteiger charge is -2.31. The van der Waals surface area contributed by atoms with Gasteiger partial charge in [-0.1, -0.05) is 0 Å². The number of halogens is 1. The van der Waals surface area contributed by atoms with E-state index in [1.807, 2.05) is 11.9 Å². The van der Waals surface area contributed by atoms with Crippen molar-refractivity contribution in [3.63, 3.8) is 0 Å². The van der Waals surface area contributed by atoms with Crippen molar-refractivity contribution < 1.29 is 14.7 Å². The summed E-state index contributed by atoms with van der Waals surface area (Å²) in [5.41, 5.74) is 1.19. The molecule has 1 saturated heterocycles. The monoisotopic (exact) mass is 374 g/mol. The van der Waals surface area contributed by atoms with Gasteiger partial charge in [-0.25, -0.2) is 0 Å². The van der Waals surface area contributed by atoms with Crippen molar-refractivity contribution in [3.8, 4) is 0 Å². The second kappa shape index (κ2) is 7.38. The maximum absolute atomic E-state index is 12.2. The van der Waals surface area contributed by atoms with Crippen LogP contribution in [0.25, 0.3) is 0 Å². The van der Waals surface area contributed by atoms with Gasteiger partial charge in [-0.05, 0) is 52.8 Å². The number of piperidine rings is 1. The molecule has 7 heteroatoms. The molecule has 1 fully saturated rings. The third kappa shape index (κ3) is 4.79. The van der Waals surface area contributed by atoms with Gasteiger partial charge in [0.15, 0.2) is 0 Å². The minimum Gasteiger partial charge on any atom is -0.481 e. The number of amides is 1. The first-order valence-electron chi connectivity index (χ1n) is 6.87. The fourth-order valence-electron chi connectivity index (χ4n) is 2.50. The lowest BCUT2D eigenvalue weighted by atomic mass is 9.97. The van der Waals surface area contributed by atoms with Gasteiger partial charge >= 0.3 is 5.97 Å². The quantitative estimate of drug-likeness (QED) is 0.858. The fraction of sp³-hybridized carbons (Fsp3) is 0.571. The van der Waals surface area contributed by atoms with E-state index in [2.05, 4.69) is 27.4 Å². The third-order valence-electron chi connectivity index (χ3n) is 3.68. The summed E-state index contributed by atoms with van der Waals surface area (Å²) in [4.78, 5) is 26.9. The van der Waals surface area contributed by atoms with Crippen LogP contribution in [0.3, 0.4) is 0 Å². The van der Waals surface area contributed by atoms with Gasteiger partial charge in [0.1, 0.15) is 0 Å². The number of hydrogen-bond acceptors (Lipinski definition) is 4. The third-order valence-corrected chi connectivity index (χ3v) is 5.23. The summed E-state index contributed by atoms with van der Waals surface area (Å²) in [6.45, 7) is 2.20. The van der Waals surface area contributed by atoms with E-state index in [4.69, 9.17) is 5.11 Å². The van der Waals surface area contributed by atoms with Crippen molar-refractivity contribution in [1.82, 2.24) is 9.80 Å². The maximum atomic E-state index is 12.2. The van der Waals surface area contributed by atoms with Crippen molar-refractivity contribution in [2.45, 2.75) is 19.4 Å². The minimum atomic E-state index is -0.748. The highest BCUT2D eigenvalue weighted by molar-refractivity contribution is 9.11. The lowest BCUT2D eigenvalue weighted by molar-refractivity contribution is -0.145. The average molecular weight is 375 g/mol. The summed E-state index contributed by atoms with van der Waals surface area (Å²) in [5.74, 6) is -0.965. The van der Waals surface area contributed by atoms with Crippen LogP contribution in [0.5, 0.6) is 0 Å². The van der Waals surface area contributed by atoms with Gasteiger partial charge < -0.3 is 10.0 Å². The molecular formula is C14H19BrN2O3S.